The molecule has 1 fully saturated rings. The number of amides is 1. The minimum Gasteiger partial charge on any atom is -0.349 e. The first-order valence-electron chi connectivity index (χ1n) is 8.12. The van der Waals surface area contributed by atoms with Gasteiger partial charge in [-0.1, -0.05) is 46.3 Å². The summed E-state index contributed by atoms with van der Waals surface area (Å²) in [7, 11) is 0. The minimum absolute atomic E-state index is 0.0645. The zero-order valence-corrected chi connectivity index (χ0v) is 14.3. The van der Waals surface area contributed by atoms with Crippen molar-refractivity contribution < 1.29 is 4.79 Å². The molecule has 0 heterocycles. The number of alkyl halides is 1. The molecule has 3 heteroatoms. The highest BCUT2D eigenvalue weighted by Gasteiger charge is 2.22. The number of hydrogen-bond acceptors (Lipinski definition) is 1. The van der Waals surface area contributed by atoms with Gasteiger partial charge < -0.3 is 5.32 Å². The van der Waals surface area contributed by atoms with Crippen LogP contribution in [0.15, 0.2) is 42.5 Å². The number of nitrogens with one attached hydrogen (secondary N) is 1. The van der Waals surface area contributed by atoms with Crippen LogP contribution >= 0.6 is 15.9 Å². The molecule has 22 heavy (non-hydrogen) atoms. The maximum atomic E-state index is 12.4. The number of fused-ring (bicyclic) bond motifs is 1. The zero-order chi connectivity index (χ0) is 15.4. The Kier molecular flexibility index (Phi) is 5.14. The van der Waals surface area contributed by atoms with E-state index in [1.165, 1.54) is 24.6 Å². The van der Waals surface area contributed by atoms with E-state index in [1.807, 2.05) is 30.3 Å². The normalized spacial score (nSPS) is 21.7. The smallest absolute Gasteiger partial charge is 0.251 e. The number of hydrogen-bond donors (Lipinski definition) is 1. The van der Waals surface area contributed by atoms with E-state index in [0.29, 0.717) is 6.04 Å². The third-order valence-electron chi connectivity index (χ3n) is 4.71. The standard InChI is InChI=1S/C19H22BrNO/c20-12-11-14-5-9-18(10-6-14)21-19(22)17-8-7-15-3-1-2-4-16(15)13-17/h1-4,7-8,13-14,18H,5-6,9-12H2,(H,21,22). The molecule has 0 aromatic heterocycles. The van der Waals surface area contributed by atoms with Crippen LogP contribution in [0.2, 0.25) is 0 Å². The Hall–Kier alpha value is -1.35. The summed E-state index contributed by atoms with van der Waals surface area (Å²) in [6, 6.07) is 14.4. The number of benzene rings is 2. The van der Waals surface area contributed by atoms with E-state index in [-0.39, 0.29) is 5.91 Å². The largest absolute Gasteiger partial charge is 0.349 e. The summed E-state index contributed by atoms with van der Waals surface area (Å²) in [6.45, 7) is 0. The fourth-order valence-corrected chi connectivity index (χ4v) is 4.00. The first kappa shape index (κ1) is 15.5. The Labute approximate surface area is 140 Å². The number of carbonyl (C=O) groups is 1. The predicted molar refractivity (Wildman–Crippen MR) is 95.6 cm³/mol. The zero-order valence-electron chi connectivity index (χ0n) is 12.7. The van der Waals surface area contributed by atoms with Crippen LogP contribution in [0.5, 0.6) is 0 Å². The fraction of sp³-hybridized carbons (Fsp3) is 0.421. The molecule has 1 N–H and O–H groups in total. The second kappa shape index (κ2) is 7.28. The van der Waals surface area contributed by atoms with E-state index in [0.717, 1.165) is 35.0 Å². The molecule has 1 aliphatic rings. The van der Waals surface area contributed by atoms with Gasteiger partial charge in [0.2, 0.25) is 0 Å². The Morgan fingerprint density at radius 1 is 1.05 bits per heavy atom. The summed E-state index contributed by atoms with van der Waals surface area (Å²) in [5.41, 5.74) is 0.765. The molecule has 116 valence electrons. The second-order valence-corrected chi connectivity index (χ2v) is 7.02. The molecule has 0 spiro atoms. The summed E-state index contributed by atoms with van der Waals surface area (Å²) in [5.74, 6) is 0.892. The van der Waals surface area contributed by atoms with Gasteiger partial charge in [0.15, 0.2) is 0 Å². The van der Waals surface area contributed by atoms with Gasteiger partial charge in [-0.15, -0.1) is 0 Å². The third kappa shape index (κ3) is 3.70. The van der Waals surface area contributed by atoms with Crippen molar-refractivity contribution in [1.29, 1.82) is 0 Å². The molecular weight excluding hydrogens is 338 g/mol. The van der Waals surface area contributed by atoms with Gasteiger partial charge in [-0.25, -0.2) is 0 Å². The SMILES string of the molecule is O=C(NC1CCC(CCBr)CC1)c1ccc2ccccc2c1. The van der Waals surface area contributed by atoms with Gasteiger partial charge in [0.05, 0.1) is 0 Å². The second-order valence-electron chi connectivity index (χ2n) is 6.23. The minimum atomic E-state index is 0.0645. The van der Waals surface area contributed by atoms with E-state index in [4.69, 9.17) is 0 Å². The van der Waals surface area contributed by atoms with Crippen LogP contribution in [0.1, 0.15) is 42.5 Å². The average molecular weight is 360 g/mol. The molecule has 0 bridgehead atoms. The predicted octanol–water partition coefficient (Wildman–Crippen LogP) is 4.91. The lowest BCUT2D eigenvalue weighted by molar-refractivity contribution is 0.0922. The van der Waals surface area contributed by atoms with Crippen molar-refractivity contribution >= 4 is 32.6 Å². The summed E-state index contributed by atoms with van der Waals surface area (Å²) >= 11 is 3.52. The van der Waals surface area contributed by atoms with Gasteiger partial charge in [-0.2, -0.15) is 0 Å². The molecule has 0 saturated heterocycles. The summed E-state index contributed by atoms with van der Waals surface area (Å²) in [6.07, 6.45) is 5.93. The quantitative estimate of drug-likeness (QED) is 0.771. The fourth-order valence-electron chi connectivity index (χ4n) is 3.35. The van der Waals surface area contributed by atoms with Crippen LogP contribution in [0.25, 0.3) is 10.8 Å². The van der Waals surface area contributed by atoms with E-state index in [2.05, 4.69) is 33.4 Å². The first-order chi connectivity index (χ1) is 10.8. The molecule has 2 nitrogen and oxygen atoms in total. The highest BCUT2D eigenvalue weighted by molar-refractivity contribution is 9.09. The molecule has 0 aliphatic heterocycles. The van der Waals surface area contributed by atoms with E-state index in [1.54, 1.807) is 0 Å². The van der Waals surface area contributed by atoms with Crippen LogP contribution in [0.3, 0.4) is 0 Å². The molecule has 3 rings (SSSR count). The lowest BCUT2D eigenvalue weighted by Crippen LogP contribution is -2.37. The van der Waals surface area contributed by atoms with Gasteiger partial charge in [0.25, 0.3) is 5.91 Å². The highest BCUT2D eigenvalue weighted by Crippen LogP contribution is 2.27. The molecule has 1 aliphatic carbocycles. The van der Waals surface area contributed by atoms with Gasteiger partial charge in [-0.05, 0) is 60.9 Å². The average Bonchev–Trinajstić information content (AvgIpc) is 2.56. The Morgan fingerprint density at radius 2 is 1.77 bits per heavy atom. The van der Waals surface area contributed by atoms with Gasteiger partial charge >= 0.3 is 0 Å². The van der Waals surface area contributed by atoms with Gasteiger partial charge in [-0.3, -0.25) is 4.79 Å². The van der Waals surface area contributed by atoms with Crippen LogP contribution < -0.4 is 5.32 Å². The van der Waals surface area contributed by atoms with E-state index >= 15 is 0 Å². The lowest BCUT2D eigenvalue weighted by Gasteiger charge is -2.28. The summed E-state index contributed by atoms with van der Waals surface area (Å²) in [5, 5.41) is 6.60. The molecule has 2 aromatic carbocycles. The van der Waals surface area contributed by atoms with Gasteiger partial charge in [0, 0.05) is 16.9 Å². The Bertz CT molecular complexity index is 647. The van der Waals surface area contributed by atoms with Crippen molar-refractivity contribution in [1.82, 2.24) is 5.32 Å². The Morgan fingerprint density at radius 3 is 2.50 bits per heavy atom. The molecule has 0 radical (unpaired) electrons. The molecule has 0 atom stereocenters. The van der Waals surface area contributed by atoms with Crippen LogP contribution in [0.4, 0.5) is 0 Å². The molecule has 0 unspecified atom stereocenters. The molecule has 1 saturated carbocycles. The van der Waals surface area contributed by atoms with Gasteiger partial charge in [0.1, 0.15) is 0 Å². The van der Waals surface area contributed by atoms with E-state index in [9.17, 15) is 4.79 Å². The van der Waals surface area contributed by atoms with Crippen molar-refractivity contribution in [3.05, 3.63) is 48.0 Å². The lowest BCUT2D eigenvalue weighted by atomic mass is 9.84. The number of halogens is 1. The topological polar surface area (TPSA) is 29.1 Å². The third-order valence-corrected chi connectivity index (χ3v) is 5.17. The van der Waals surface area contributed by atoms with Crippen LogP contribution in [-0.4, -0.2) is 17.3 Å². The van der Waals surface area contributed by atoms with Crippen molar-refractivity contribution in [3.63, 3.8) is 0 Å². The van der Waals surface area contributed by atoms with Crippen LogP contribution in [0, 0.1) is 5.92 Å². The Balaban J connectivity index is 1.61. The van der Waals surface area contributed by atoms with Crippen molar-refractivity contribution in [2.24, 2.45) is 5.92 Å². The summed E-state index contributed by atoms with van der Waals surface area (Å²) in [4.78, 5) is 12.4. The number of carbonyl (C=O) groups excluding carboxylic acids is 1. The monoisotopic (exact) mass is 359 g/mol. The molecule has 2 aromatic rings. The maximum Gasteiger partial charge on any atom is 0.251 e. The molecule has 1 amide bonds. The van der Waals surface area contributed by atoms with Crippen molar-refractivity contribution in [3.8, 4) is 0 Å². The first-order valence-corrected chi connectivity index (χ1v) is 9.24. The van der Waals surface area contributed by atoms with Crippen molar-refractivity contribution in [2.75, 3.05) is 5.33 Å². The summed E-state index contributed by atoms with van der Waals surface area (Å²) < 4.78 is 0. The van der Waals surface area contributed by atoms with Crippen molar-refractivity contribution in [2.45, 2.75) is 38.1 Å². The number of rotatable bonds is 4. The molecular formula is C19H22BrNO. The maximum absolute atomic E-state index is 12.4. The van der Waals surface area contributed by atoms with E-state index < -0.39 is 0 Å². The van der Waals surface area contributed by atoms with Crippen LogP contribution in [-0.2, 0) is 0 Å². The highest BCUT2D eigenvalue weighted by atomic mass is 79.9.